The number of para-hydroxylation sites is 1. The molecule has 302 valence electrons. The van der Waals surface area contributed by atoms with Crippen molar-refractivity contribution in [2.75, 3.05) is 9.80 Å². The van der Waals surface area contributed by atoms with Crippen molar-refractivity contribution in [3.63, 3.8) is 0 Å². The Labute approximate surface area is 359 Å². The summed E-state index contributed by atoms with van der Waals surface area (Å²) in [6, 6.07) is 50.0. The predicted molar refractivity (Wildman–Crippen MR) is 259 cm³/mol. The summed E-state index contributed by atoms with van der Waals surface area (Å²) in [4.78, 5) is 5.15. The van der Waals surface area contributed by atoms with Crippen molar-refractivity contribution in [3.05, 3.63) is 161 Å². The quantitative estimate of drug-likeness (QED) is 0.162. The summed E-state index contributed by atoms with van der Waals surface area (Å²) in [5.41, 5.74) is 20.4. The molecule has 0 saturated heterocycles. The maximum absolute atomic E-state index is 7.48. The summed E-state index contributed by atoms with van der Waals surface area (Å²) >= 11 is 0. The highest BCUT2D eigenvalue weighted by molar-refractivity contribution is 6.99. The van der Waals surface area contributed by atoms with Crippen LogP contribution in [0.15, 0.2) is 138 Å². The van der Waals surface area contributed by atoms with Crippen molar-refractivity contribution in [3.8, 4) is 22.3 Å². The molecular weight excluding hydrogens is 727 g/mol. The Morgan fingerprint density at radius 2 is 1.05 bits per heavy atom. The third-order valence-corrected chi connectivity index (χ3v) is 12.6. The van der Waals surface area contributed by atoms with E-state index in [2.05, 4.69) is 226 Å². The van der Waals surface area contributed by atoms with Crippen LogP contribution in [0.25, 0.3) is 22.3 Å². The fraction of sp³-hybridized carbons (Fsp3) is 0.286. The Kier molecular flexibility index (Phi) is 9.39. The van der Waals surface area contributed by atoms with Crippen molar-refractivity contribution in [1.29, 1.82) is 0 Å². The van der Waals surface area contributed by atoms with Crippen LogP contribution in [0, 0.1) is 6.92 Å². The van der Waals surface area contributed by atoms with Gasteiger partial charge in [-0.25, -0.2) is 0 Å². The van der Waals surface area contributed by atoms with Gasteiger partial charge in [0.1, 0.15) is 5.76 Å². The lowest BCUT2D eigenvalue weighted by atomic mass is 9.35. The highest BCUT2D eigenvalue weighted by Crippen LogP contribution is 2.52. The first-order chi connectivity index (χ1) is 28.4. The van der Waals surface area contributed by atoms with E-state index in [9.17, 15) is 0 Å². The van der Waals surface area contributed by atoms with Crippen molar-refractivity contribution >= 4 is 57.4 Å². The molecule has 0 aliphatic carbocycles. The third-order valence-electron chi connectivity index (χ3n) is 12.6. The van der Waals surface area contributed by atoms with E-state index >= 15 is 0 Å². The van der Waals surface area contributed by atoms with Crippen LogP contribution < -0.4 is 26.4 Å². The molecule has 9 rings (SSSR count). The largest absolute Gasteiger partial charge is 0.472 e. The van der Waals surface area contributed by atoms with E-state index in [-0.39, 0.29) is 28.9 Å². The minimum Gasteiger partial charge on any atom is -0.472 e. The lowest BCUT2D eigenvalue weighted by Gasteiger charge is -2.44. The van der Waals surface area contributed by atoms with Gasteiger partial charge >= 0.3 is 0 Å². The SMILES string of the molecule is Cc1cc2c3c(c1)N(c1c(-c4ccccc4)cccc1-c1ccccc1)c1ccc(C(C)(C)C)cc1B3c1oc(C(C)C)c(C(C)(C)C)c1N2c1ccc(C(C)(C)C)cc1. The molecule has 0 bridgehead atoms. The number of aryl methyl sites for hydroxylation is 1. The van der Waals surface area contributed by atoms with Crippen molar-refractivity contribution in [2.45, 2.75) is 105 Å². The normalized spacial score (nSPS) is 13.7. The zero-order valence-electron chi connectivity index (χ0n) is 37.7. The van der Waals surface area contributed by atoms with Crippen LogP contribution >= 0.6 is 0 Å². The molecule has 7 aromatic rings. The third kappa shape index (κ3) is 6.51. The van der Waals surface area contributed by atoms with Crippen molar-refractivity contribution < 1.29 is 4.42 Å². The second-order valence-corrected chi connectivity index (χ2v) is 20.5. The minimum atomic E-state index is -0.180. The van der Waals surface area contributed by atoms with Crippen LogP contribution in [0.2, 0.25) is 0 Å². The Balaban J connectivity index is 1.45. The van der Waals surface area contributed by atoms with E-state index in [0.717, 1.165) is 17.1 Å². The molecule has 0 radical (unpaired) electrons. The molecule has 3 heterocycles. The van der Waals surface area contributed by atoms with Gasteiger partial charge in [-0.15, -0.1) is 0 Å². The molecule has 0 amide bonds. The van der Waals surface area contributed by atoms with Crippen LogP contribution in [0.1, 0.15) is 110 Å². The maximum Gasteiger partial charge on any atom is 0.297 e. The number of hydrogen-bond donors (Lipinski definition) is 0. The highest BCUT2D eigenvalue weighted by atomic mass is 16.3. The van der Waals surface area contributed by atoms with Gasteiger partial charge in [0.25, 0.3) is 6.71 Å². The topological polar surface area (TPSA) is 19.6 Å². The van der Waals surface area contributed by atoms with Crippen molar-refractivity contribution in [2.24, 2.45) is 0 Å². The monoisotopic (exact) mass is 786 g/mol. The second kappa shape index (κ2) is 14.2. The maximum atomic E-state index is 7.48. The fourth-order valence-corrected chi connectivity index (χ4v) is 9.67. The zero-order chi connectivity index (χ0) is 42.5. The van der Waals surface area contributed by atoms with Crippen molar-refractivity contribution in [1.82, 2.24) is 0 Å². The standard InChI is InChI=1S/C56H59BN2O/c1-35(2)52-48(56(10,11)12)51-53(60-52)57-44-34-40(55(7,8)9)28-31-45(44)59(50-42(37-20-15-13-16-21-37)24-19-25-43(50)38-22-17-14-18-23-38)47-33-36(3)32-46(49(47)57)58(51)41-29-26-39(27-30-41)54(4,5)6/h13-35H,1-12H3. The Hall–Kier alpha value is -5.74. The van der Waals surface area contributed by atoms with E-state index in [4.69, 9.17) is 4.42 Å². The van der Waals surface area contributed by atoms with E-state index in [0.29, 0.717) is 0 Å². The first kappa shape index (κ1) is 39.7. The summed E-state index contributed by atoms with van der Waals surface area (Å²) in [7, 11) is 0. The van der Waals surface area contributed by atoms with Gasteiger partial charge in [-0.2, -0.15) is 0 Å². The lowest BCUT2D eigenvalue weighted by Crippen LogP contribution is -2.61. The molecule has 0 N–H and O–H groups in total. The average Bonchev–Trinajstić information content (AvgIpc) is 3.62. The molecule has 2 aliphatic rings. The van der Waals surface area contributed by atoms with Gasteiger partial charge in [-0.05, 0) is 92.2 Å². The summed E-state index contributed by atoms with van der Waals surface area (Å²) in [6.07, 6.45) is 0. The van der Waals surface area contributed by atoms with Crippen LogP contribution in [-0.4, -0.2) is 6.71 Å². The van der Waals surface area contributed by atoms with Gasteiger partial charge < -0.3 is 14.2 Å². The van der Waals surface area contributed by atoms with Gasteiger partial charge in [0.2, 0.25) is 0 Å². The molecule has 1 aromatic heterocycles. The molecule has 0 fully saturated rings. The molecule has 6 aromatic carbocycles. The smallest absolute Gasteiger partial charge is 0.297 e. The minimum absolute atomic E-state index is 0.0355. The van der Waals surface area contributed by atoms with E-state index in [1.54, 1.807) is 0 Å². The van der Waals surface area contributed by atoms with Gasteiger partial charge in [0.15, 0.2) is 0 Å². The number of anilines is 6. The van der Waals surface area contributed by atoms with Gasteiger partial charge in [-0.1, -0.05) is 179 Å². The summed E-state index contributed by atoms with van der Waals surface area (Å²) in [5.74, 6) is 1.28. The molecule has 0 unspecified atom stereocenters. The average molecular weight is 787 g/mol. The fourth-order valence-electron chi connectivity index (χ4n) is 9.67. The molecular formula is C56H59BN2O. The van der Waals surface area contributed by atoms with E-state index in [1.807, 2.05) is 0 Å². The second-order valence-electron chi connectivity index (χ2n) is 20.5. The van der Waals surface area contributed by atoms with E-state index < -0.39 is 0 Å². The molecule has 2 aliphatic heterocycles. The van der Waals surface area contributed by atoms with Crippen LogP contribution in [0.3, 0.4) is 0 Å². The molecule has 0 atom stereocenters. The summed E-state index contributed by atoms with van der Waals surface area (Å²) in [5, 5.41) is 0. The zero-order valence-corrected chi connectivity index (χ0v) is 37.7. The molecule has 3 nitrogen and oxygen atoms in total. The van der Waals surface area contributed by atoms with Gasteiger partial charge in [-0.3, -0.25) is 0 Å². The Bertz CT molecular complexity index is 2680. The number of furan rings is 1. The lowest BCUT2D eigenvalue weighted by molar-refractivity contribution is 0.480. The van der Waals surface area contributed by atoms with Gasteiger partial charge in [0.05, 0.1) is 17.0 Å². The van der Waals surface area contributed by atoms with Gasteiger partial charge in [0, 0.05) is 45.4 Å². The molecule has 4 heteroatoms. The number of nitrogens with zero attached hydrogens (tertiary/aromatic N) is 2. The van der Waals surface area contributed by atoms with Crippen LogP contribution in [0.4, 0.5) is 34.1 Å². The highest BCUT2D eigenvalue weighted by Gasteiger charge is 2.49. The number of hydrogen-bond acceptors (Lipinski definition) is 3. The van der Waals surface area contributed by atoms with E-state index in [1.165, 1.54) is 83.9 Å². The summed E-state index contributed by atoms with van der Waals surface area (Å²) < 4.78 is 7.48. The summed E-state index contributed by atoms with van der Waals surface area (Å²) in [6.45, 7) is 27.6. The Morgan fingerprint density at radius 3 is 1.57 bits per heavy atom. The molecule has 0 saturated carbocycles. The Morgan fingerprint density at radius 1 is 0.517 bits per heavy atom. The van der Waals surface area contributed by atoms with Crippen LogP contribution in [0.5, 0.6) is 0 Å². The number of fused-ring (bicyclic) bond motifs is 4. The molecule has 0 spiro atoms. The first-order valence-electron chi connectivity index (χ1n) is 21.8. The predicted octanol–water partition coefficient (Wildman–Crippen LogP) is 14.0. The number of rotatable bonds is 5. The first-order valence-corrected chi connectivity index (χ1v) is 21.8. The van der Waals surface area contributed by atoms with Crippen LogP contribution in [-0.2, 0) is 16.2 Å². The number of benzene rings is 6. The molecule has 60 heavy (non-hydrogen) atoms.